The van der Waals surface area contributed by atoms with E-state index in [4.69, 9.17) is 5.21 Å². The molecule has 0 bridgehead atoms. The maximum Gasteiger partial charge on any atom is 0.0723 e. The maximum absolute atomic E-state index is 8.60. The second-order valence-corrected chi connectivity index (χ2v) is 3.48. The first-order valence-corrected chi connectivity index (χ1v) is 4.69. The van der Waals surface area contributed by atoms with Gasteiger partial charge in [-0.2, -0.15) is 0 Å². The lowest BCUT2D eigenvalue weighted by Gasteiger charge is -2.13. The topological polar surface area (TPSA) is 48.7 Å². The minimum atomic E-state index is 0.777. The highest BCUT2D eigenvalue weighted by molar-refractivity contribution is 5.87. The molecule has 1 fully saturated rings. The molecule has 0 unspecified atom stereocenters. The van der Waals surface area contributed by atoms with Gasteiger partial charge in [-0.15, -0.1) is 0 Å². The van der Waals surface area contributed by atoms with Crippen molar-refractivity contribution in [2.24, 2.45) is 5.16 Å². The molecule has 0 spiro atoms. The van der Waals surface area contributed by atoms with Gasteiger partial charge in [-0.1, -0.05) is 5.16 Å². The van der Waals surface area contributed by atoms with Crippen LogP contribution in [0.15, 0.2) is 29.7 Å². The molecule has 4 heteroatoms. The van der Waals surface area contributed by atoms with Crippen molar-refractivity contribution in [2.75, 3.05) is 13.1 Å². The zero-order valence-corrected chi connectivity index (χ0v) is 7.93. The number of oxime groups is 1. The van der Waals surface area contributed by atoms with Crippen LogP contribution in [0.3, 0.4) is 0 Å². The zero-order chi connectivity index (χ0) is 9.80. The van der Waals surface area contributed by atoms with Gasteiger partial charge in [0.15, 0.2) is 0 Å². The molecule has 1 aliphatic heterocycles. The van der Waals surface area contributed by atoms with Crippen molar-refractivity contribution in [2.45, 2.75) is 13.0 Å². The Labute approximate surface area is 82.9 Å². The molecule has 0 atom stereocenters. The average Bonchev–Trinajstić information content (AvgIpc) is 2.67. The molecule has 1 N–H and O–H groups in total. The molecule has 1 aromatic rings. The van der Waals surface area contributed by atoms with Crippen LogP contribution in [0.25, 0.3) is 0 Å². The highest BCUT2D eigenvalue weighted by atomic mass is 16.4. The molecule has 0 aromatic carbocycles. The van der Waals surface area contributed by atoms with E-state index in [-0.39, 0.29) is 0 Å². The lowest BCUT2D eigenvalue weighted by atomic mass is 10.2. The third-order valence-electron chi connectivity index (χ3n) is 2.42. The average molecular weight is 191 g/mol. The van der Waals surface area contributed by atoms with Crippen LogP contribution in [0.4, 0.5) is 0 Å². The van der Waals surface area contributed by atoms with Crippen molar-refractivity contribution in [1.29, 1.82) is 0 Å². The molecular formula is C10H13N3O. The first-order valence-electron chi connectivity index (χ1n) is 4.69. The molecule has 1 aliphatic rings. The summed E-state index contributed by atoms with van der Waals surface area (Å²) in [6.07, 6.45) is 4.47. The van der Waals surface area contributed by atoms with Crippen LogP contribution >= 0.6 is 0 Å². The minimum absolute atomic E-state index is 0.777. The van der Waals surface area contributed by atoms with Crippen LogP contribution in [0.5, 0.6) is 0 Å². The van der Waals surface area contributed by atoms with E-state index in [0.717, 1.165) is 31.8 Å². The molecule has 1 saturated heterocycles. The fourth-order valence-corrected chi connectivity index (χ4v) is 1.67. The molecule has 0 aliphatic carbocycles. The number of likely N-dealkylation sites (tertiary alicyclic amines) is 1. The maximum atomic E-state index is 8.60. The summed E-state index contributed by atoms with van der Waals surface area (Å²) in [5, 5.41) is 11.8. The monoisotopic (exact) mass is 191 g/mol. The fraction of sp³-hybridized carbons (Fsp3) is 0.400. The first kappa shape index (κ1) is 9.15. The van der Waals surface area contributed by atoms with Crippen molar-refractivity contribution in [3.63, 3.8) is 0 Å². The summed E-state index contributed by atoms with van der Waals surface area (Å²) in [6.45, 7) is 2.65. The molecule has 0 amide bonds. The van der Waals surface area contributed by atoms with E-state index in [2.05, 4.69) is 15.0 Å². The smallest absolute Gasteiger partial charge is 0.0723 e. The Morgan fingerprint density at radius 3 is 2.86 bits per heavy atom. The summed E-state index contributed by atoms with van der Waals surface area (Å²) in [5.41, 5.74) is 2.12. The molecule has 0 saturated carbocycles. The van der Waals surface area contributed by atoms with E-state index in [1.54, 1.807) is 12.4 Å². The van der Waals surface area contributed by atoms with Gasteiger partial charge in [-0.25, -0.2) is 0 Å². The molecule has 1 aromatic heterocycles. The third kappa shape index (κ3) is 2.09. The van der Waals surface area contributed by atoms with Crippen molar-refractivity contribution in [1.82, 2.24) is 9.88 Å². The molecule has 2 heterocycles. The van der Waals surface area contributed by atoms with Gasteiger partial charge in [0.25, 0.3) is 0 Å². The van der Waals surface area contributed by atoms with Gasteiger partial charge in [0.1, 0.15) is 0 Å². The Bertz CT molecular complexity index is 323. The highest BCUT2D eigenvalue weighted by Gasteiger charge is 2.17. The van der Waals surface area contributed by atoms with Crippen molar-refractivity contribution < 1.29 is 5.21 Å². The van der Waals surface area contributed by atoms with Crippen LogP contribution in [0.1, 0.15) is 12.0 Å². The lowest BCUT2D eigenvalue weighted by Crippen LogP contribution is -2.20. The van der Waals surface area contributed by atoms with Gasteiger partial charge >= 0.3 is 0 Å². The summed E-state index contributed by atoms with van der Waals surface area (Å²) < 4.78 is 0. The molecule has 2 rings (SSSR count). The van der Waals surface area contributed by atoms with Crippen LogP contribution < -0.4 is 0 Å². The molecular weight excluding hydrogens is 178 g/mol. The number of rotatable bonds is 2. The Hall–Kier alpha value is -1.42. The summed E-state index contributed by atoms with van der Waals surface area (Å²) in [6, 6.07) is 4.02. The Balaban J connectivity index is 1.94. The van der Waals surface area contributed by atoms with E-state index < -0.39 is 0 Å². The second-order valence-electron chi connectivity index (χ2n) is 3.48. The van der Waals surface area contributed by atoms with E-state index in [1.165, 1.54) is 5.56 Å². The number of hydrogen-bond donors (Lipinski definition) is 1. The van der Waals surface area contributed by atoms with E-state index in [9.17, 15) is 0 Å². The SMILES string of the molecule is O/N=C1/CCN(Cc2ccncc2)C1. The molecule has 0 radical (unpaired) electrons. The molecule has 14 heavy (non-hydrogen) atoms. The Morgan fingerprint density at radius 1 is 1.43 bits per heavy atom. The van der Waals surface area contributed by atoms with Crippen molar-refractivity contribution in [3.05, 3.63) is 30.1 Å². The Kier molecular flexibility index (Phi) is 2.74. The quantitative estimate of drug-likeness (QED) is 0.563. The van der Waals surface area contributed by atoms with Crippen LogP contribution in [-0.2, 0) is 6.54 Å². The van der Waals surface area contributed by atoms with Gasteiger partial charge in [0, 0.05) is 38.4 Å². The second kappa shape index (κ2) is 4.19. The van der Waals surface area contributed by atoms with Gasteiger partial charge in [-0.05, 0) is 17.7 Å². The zero-order valence-electron chi connectivity index (χ0n) is 7.93. The predicted octanol–water partition coefficient (Wildman–Crippen LogP) is 1.12. The summed E-state index contributed by atoms with van der Waals surface area (Å²) in [5.74, 6) is 0. The van der Waals surface area contributed by atoms with Gasteiger partial charge in [-0.3, -0.25) is 9.88 Å². The van der Waals surface area contributed by atoms with Gasteiger partial charge < -0.3 is 5.21 Å². The van der Waals surface area contributed by atoms with E-state index >= 15 is 0 Å². The van der Waals surface area contributed by atoms with Crippen LogP contribution in [-0.4, -0.2) is 33.9 Å². The van der Waals surface area contributed by atoms with Gasteiger partial charge in [0.2, 0.25) is 0 Å². The number of hydrogen-bond acceptors (Lipinski definition) is 4. The number of aromatic nitrogens is 1. The standard InChI is InChI=1S/C10H13N3O/c14-12-10-3-6-13(8-10)7-9-1-4-11-5-2-9/h1-2,4-5,14H,3,6-8H2/b12-10-. The highest BCUT2D eigenvalue weighted by Crippen LogP contribution is 2.10. The number of nitrogens with zero attached hydrogens (tertiary/aromatic N) is 3. The largest absolute Gasteiger partial charge is 0.411 e. The van der Waals surface area contributed by atoms with Gasteiger partial charge in [0.05, 0.1) is 5.71 Å². The summed E-state index contributed by atoms with van der Waals surface area (Å²) in [4.78, 5) is 6.22. The lowest BCUT2D eigenvalue weighted by molar-refractivity contribution is 0.313. The first-order chi connectivity index (χ1) is 6.88. The summed E-state index contributed by atoms with van der Waals surface area (Å²) in [7, 11) is 0. The molecule has 4 nitrogen and oxygen atoms in total. The number of pyridine rings is 1. The Morgan fingerprint density at radius 2 is 2.21 bits per heavy atom. The predicted molar refractivity (Wildman–Crippen MR) is 53.4 cm³/mol. The third-order valence-corrected chi connectivity index (χ3v) is 2.42. The van der Waals surface area contributed by atoms with Crippen LogP contribution in [0.2, 0.25) is 0 Å². The van der Waals surface area contributed by atoms with Crippen molar-refractivity contribution >= 4 is 5.71 Å². The minimum Gasteiger partial charge on any atom is -0.411 e. The summed E-state index contributed by atoms with van der Waals surface area (Å²) >= 11 is 0. The van der Waals surface area contributed by atoms with E-state index in [1.807, 2.05) is 12.1 Å². The van der Waals surface area contributed by atoms with Crippen molar-refractivity contribution in [3.8, 4) is 0 Å². The normalized spacial score (nSPS) is 20.4. The fourth-order valence-electron chi connectivity index (χ4n) is 1.67. The van der Waals surface area contributed by atoms with E-state index in [0.29, 0.717) is 0 Å². The van der Waals surface area contributed by atoms with Crippen LogP contribution in [0, 0.1) is 0 Å². The molecule has 74 valence electrons.